The smallest absolute Gasteiger partial charge is 0.426 e. The van der Waals surface area contributed by atoms with Gasteiger partial charge in [0.25, 0.3) is 5.91 Å². The van der Waals surface area contributed by atoms with Crippen LogP contribution in [0.2, 0.25) is 0 Å². The molecule has 15 nitrogen and oxygen atoms in total. The number of carbonyl (C=O) groups excluding carboxylic acids is 5. The molecule has 280 valence electrons. The van der Waals surface area contributed by atoms with Crippen molar-refractivity contribution < 1.29 is 44.2 Å². The van der Waals surface area contributed by atoms with E-state index in [1.165, 1.54) is 26.3 Å². The average molecular weight is 713 g/mol. The highest BCUT2D eigenvalue weighted by molar-refractivity contribution is 6.43. The summed E-state index contributed by atoms with van der Waals surface area (Å²) in [6.07, 6.45) is 3.00. The highest BCUT2D eigenvalue weighted by Crippen LogP contribution is 2.21. The Bertz CT molecular complexity index is 1430. The molecule has 0 fully saturated rings. The number of nitrogens with one attached hydrogen (secondary N) is 5. The standard InChI is InChI=1S/C35H53BN6O9/c1-5-6-9-24-11-13-25(14-12-24)26-15-17-27(18-16-26)32(46)41-29(20-43)34(48)42-30(22(3)44)35(49)38-21(2)31(45)40-28(10-7-8-19-37)33(47)39-23(4)36(50)51/h11-18,21-23,28-30,43-44,50-51H,5-10,19-20,37H2,1-4H3,(H,38,49)(H,39,47)(H,40,45)(H,41,46)(H,42,48)/t21-,22+,23-,28-,29-,30-/m0/s1. The first-order chi connectivity index (χ1) is 24.2. The summed E-state index contributed by atoms with van der Waals surface area (Å²) < 4.78 is 0. The fraction of sp³-hybridized carbons (Fsp3) is 0.514. The van der Waals surface area contributed by atoms with E-state index in [4.69, 9.17) is 5.73 Å². The summed E-state index contributed by atoms with van der Waals surface area (Å²) >= 11 is 0. The van der Waals surface area contributed by atoms with Crippen LogP contribution in [0.1, 0.15) is 75.7 Å². The Kier molecular flexibility index (Phi) is 18.3. The average Bonchev–Trinajstić information content (AvgIpc) is 3.11. The molecule has 11 N–H and O–H groups in total. The highest BCUT2D eigenvalue weighted by Gasteiger charge is 2.32. The molecule has 5 amide bonds. The number of aliphatic hydroxyl groups excluding tert-OH is 2. The van der Waals surface area contributed by atoms with Crippen LogP contribution in [0.5, 0.6) is 0 Å². The summed E-state index contributed by atoms with van der Waals surface area (Å²) in [5.74, 6) is -5.01. The number of unbranched alkanes of at least 4 members (excludes halogenated alkanes) is 2. The van der Waals surface area contributed by atoms with Gasteiger partial charge in [0.05, 0.1) is 18.7 Å². The second kappa shape index (κ2) is 21.8. The molecule has 0 aliphatic carbocycles. The lowest BCUT2D eigenvalue weighted by atomic mass is 9.81. The monoisotopic (exact) mass is 712 g/mol. The van der Waals surface area contributed by atoms with E-state index in [1.807, 2.05) is 12.1 Å². The summed E-state index contributed by atoms with van der Waals surface area (Å²) in [6, 6.07) is 9.51. The second-order valence-corrected chi connectivity index (χ2v) is 12.6. The molecular formula is C35H53BN6O9. The van der Waals surface area contributed by atoms with E-state index in [0.717, 1.165) is 30.4 Å². The number of benzene rings is 2. The lowest BCUT2D eigenvalue weighted by molar-refractivity contribution is -0.135. The third kappa shape index (κ3) is 14.1. The number of nitrogens with two attached hydrogens (primary N) is 1. The van der Waals surface area contributed by atoms with E-state index >= 15 is 0 Å². The predicted octanol–water partition coefficient (Wildman–Crippen LogP) is -0.712. The molecule has 0 saturated carbocycles. The van der Waals surface area contributed by atoms with Gasteiger partial charge in [-0.3, -0.25) is 24.0 Å². The first-order valence-electron chi connectivity index (χ1n) is 17.3. The van der Waals surface area contributed by atoms with Crippen LogP contribution >= 0.6 is 0 Å². The van der Waals surface area contributed by atoms with Crippen molar-refractivity contribution in [2.45, 2.75) is 102 Å². The van der Waals surface area contributed by atoms with Crippen LogP contribution in [-0.4, -0.2) is 106 Å². The molecule has 0 heterocycles. The van der Waals surface area contributed by atoms with Gasteiger partial charge in [0.15, 0.2) is 0 Å². The largest absolute Gasteiger partial charge is 0.475 e. The van der Waals surface area contributed by atoms with Crippen molar-refractivity contribution in [3.8, 4) is 11.1 Å². The molecular weight excluding hydrogens is 659 g/mol. The Hall–Kier alpha value is -4.35. The quantitative estimate of drug-likeness (QED) is 0.0575. The number of hydrogen-bond acceptors (Lipinski definition) is 10. The first-order valence-corrected chi connectivity index (χ1v) is 17.3. The molecule has 0 aromatic heterocycles. The molecule has 2 aromatic carbocycles. The molecule has 0 spiro atoms. The molecule has 0 radical (unpaired) electrons. The third-order valence-corrected chi connectivity index (χ3v) is 8.27. The van der Waals surface area contributed by atoms with Gasteiger partial charge in [0, 0.05) is 5.56 Å². The van der Waals surface area contributed by atoms with Gasteiger partial charge in [-0.25, -0.2) is 0 Å². The van der Waals surface area contributed by atoms with E-state index in [0.29, 0.717) is 19.4 Å². The van der Waals surface area contributed by atoms with Gasteiger partial charge in [-0.2, -0.15) is 0 Å². The molecule has 2 rings (SSSR count). The van der Waals surface area contributed by atoms with Crippen molar-refractivity contribution >= 4 is 36.7 Å². The van der Waals surface area contributed by atoms with Crippen LogP contribution in [0.25, 0.3) is 11.1 Å². The number of carbonyl (C=O) groups is 5. The lowest BCUT2D eigenvalue weighted by Crippen LogP contribution is -2.60. The van der Waals surface area contributed by atoms with Gasteiger partial charge in [-0.15, -0.1) is 0 Å². The van der Waals surface area contributed by atoms with E-state index in [9.17, 15) is 44.2 Å². The summed E-state index contributed by atoms with van der Waals surface area (Å²) in [4.78, 5) is 64.8. The Morgan fingerprint density at radius 2 is 1.31 bits per heavy atom. The Labute approximate surface area is 299 Å². The maximum Gasteiger partial charge on any atom is 0.475 e. The van der Waals surface area contributed by atoms with Gasteiger partial charge >= 0.3 is 7.12 Å². The summed E-state index contributed by atoms with van der Waals surface area (Å²) in [6.45, 7) is 5.62. The van der Waals surface area contributed by atoms with Gasteiger partial charge in [-0.05, 0) is 88.2 Å². The van der Waals surface area contributed by atoms with Crippen molar-refractivity contribution in [3.05, 3.63) is 59.7 Å². The van der Waals surface area contributed by atoms with E-state index in [-0.39, 0.29) is 12.0 Å². The van der Waals surface area contributed by atoms with Crippen LogP contribution < -0.4 is 32.3 Å². The maximum absolute atomic E-state index is 13.1. The Morgan fingerprint density at radius 1 is 0.725 bits per heavy atom. The van der Waals surface area contributed by atoms with E-state index in [1.54, 1.807) is 24.3 Å². The maximum atomic E-state index is 13.1. The van der Waals surface area contributed by atoms with E-state index in [2.05, 4.69) is 45.6 Å². The minimum absolute atomic E-state index is 0.182. The zero-order valence-electron chi connectivity index (χ0n) is 29.7. The molecule has 6 atom stereocenters. The molecule has 0 saturated heterocycles. The molecule has 16 heteroatoms. The molecule has 0 aliphatic rings. The van der Waals surface area contributed by atoms with Crippen molar-refractivity contribution in [1.29, 1.82) is 0 Å². The van der Waals surface area contributed by atoms with Crippen LogP contribution in [0.3, 0.4) is 0 Å². The molecule has 0 bridgehead atoms. The van der Waals surface area contributed by atoms with Crippen molar-refractivity contribution in [2.24, 2.45) is 5.73 Å². The Balaban J connectivity index is 2.02. The number of hydrogen-bond donors (Lipinski definition) is 10. The number of aliphatic hydroxyl groups is 2. The zero-order chi connectivity index (χ0) is 38.1. The molecule has 0 aliphatic heterocycles. The molecule has 0 unspecified atom stereocenters. The number of aryl methyl sites for hydroxylation is 1. The van der Waals surface area contributed by atoms with Crippen molar-refractivity contribution in [3.63, 3.8) is 0 Å². The van der Waals surface area contributed by atoms with Crippen LogP contribution in [0, 0.1) is 0 Å². The first kappa shape index (κ1) is 42.8. The lowest BCUT2D eigenvalue weighted by Gasteiger charge is -2.26. The van der Waals surface area contributed by atoms with Crippen LogP contribution in [0.4, 0.5) is 0 Å². The highest BCUT2D eigenvalue weighted by atomic mass is 16.4. The predicted molar refractivity (Wildman–Crippen MR) is 193 cm³/mol. The minimum Gasteiger partial charge on any atom is -0.426 e. The fourth-order valence-corrected chi connectivity index (χ4v) is 4.98. The minimum atomic E-state index is -1.82. The van der Waals surface area contributed by atoms with E-state index < -0.39 is 79.5 Å². The molecule has 2 aromatic rings. The van der Waals surface area contributed by atoms with Gasteiger partial charge in [0.1, 0.15) is 24.2 Å². The van der Waals surface area contributed by atoms with Gasteiger partial charge in [0.2, 0.25) is 23.6 Å². The van der Waals surface area contributed by atoms with Crippen LogP contribution in [-0.2, 0) is 25.6 Å². The normalized spacial score (nSPS) is 14.5. The Morgan fingerprint density at radius 3 is 1.84 bits per heavy atom. The number of rotatable bonds is 21. The number of amides is 5. The molecule has 51 heavy (non-hydrogen) atoms. The third-order valence-electron chi connectivity index (χ3n) is 8.27. The van der Waals surface area contributed by atoms with Gasteiger partial charge in [-0.1, -0.05) is 49.7 Å². The van der Waals surface area contributed by atoms with Crippen LogP contribution in [0.15, 0.2) is 48.5 Å². The topological polar surface area (TPSA) is 252 Å². The summed E-state index contributed by atoms with van der Waals surface area (Å²) in [7, 11) is -1.82. The fourth-order valence-electron chi connectivity index (χ4n) is 4.98. The van der Waals surface area contributed by atoms with Gasteiger partial charge < -0.3 is 52.6 Å². The SMILES string of the molecule is CCCCc1ccc(-c2ccc(C(=O)N[C@@H](CO)C(=O)N[C@H](C(=O)N[C@@H](C)C(=O)N[C@@H](CCCCN)C(=O)N[C@@H](C)B(O)O)[C@@H](C)O)cc2)cc1. The second-order valence-electron chi connectivity index (χ2n) is 12.6. The summed E-state index contributed by atoms with van der Waals surface area (Å²) in [5.41, 5.74) is 8.87. The summed E-state index contributed by atoms with van der Waals surface area (Å²) in [5, 5.41) is 50.9. The zero-order valence-corrected chi connectivity index (χ0v) is 29.7. The van der Waals surface area contributed by atoms with Crippen molar-refractivity contribution in [2.75, 3.05) is 13.2 Å². The van der Waals surface area contributed by atoms with Crippen molar-refractivity contribution in [1.82, 2.24) is 26.6 Å².